The Morgan fingerprint density at radius 1 is 1.23 bits per heavy atom. The second kappa shape index (κ2) is 7.20. The normalized spacial score (nSPS) is 11.0. The second-order valence-electron chi connectivity index (χ2n) is 6.78. The van der Waals surface area contributed by atoms with E-state index in [0.717, 1.165) is 44.7 Å². The molecule has 5 heteroatoms. The predicted molar refractivity (Wildman–Crippen MR) is 104 cm³/mol. The number of hydrogen-bond donors (Lipinski definition) is 2. The van der Waals surface area contributed by atoms with Gasteiger partial charge in [0.25, 0.3) is 0 Å². The van der Waals surface area contributed by atoms with Crippen LogP contribution < -0.4 is 10.1 Å². The minimum Gasteiger partial charge on any atom is -0.496 e. The summed E-state index contributed by atoms with van der Waals surface area (Å²) in [6.45, 7) is 8.39. The van der Waals surface area contributed by atoms with E-state index >= 15 is 0 Å². The number of ether oxygens (including phenoxy) is 1. The van der Waals surface area contributed by atoms with E-state index in [1.807, 2.05) is 20.8 Å². The molecule has 0 radical (unpaired) electrons. The lowest BCUT2D eigenvalue weighted by Crippen LogP contribution is -2.25. The fourth-order valence-corrected chi connectivity index (χ4v) is 3.38. The van der Waals surface area contributed by atoms with Gasteiger partial charge in [0, 0.05) is 33.9 Å². The summed E-state index contributed by atoms with van der Waals surface area (Å²) in [5.74, 6) is 0.809. The fourth-order valence-electron chi connectivity index (χ4n) is 3.38. The highest BCUT2D eigenvalue weighted by Crippen LogP contribution is 2.25. The Bertz CT molecular complexity index is 973. The quantitative estimate of drug-likeness (QED) is 0.737. The number of nitrogens with zero attached hydrogens (tertiary/aromatic N) is 1. The number of rotatable bonds is 5. The number of benzene rings is 1. The summed E-state index contributed by atoms with van der Waals surface area (Å²) in [7, 11) is 1.65. The van der Waals surface area contributed by atoms with Crippen LogP contribution in [-0.4, -0.2) is 23.0 Å². The maximum absolute atomic E-state index is 12.5. The number of carbonyl (C=O) groups excluding carboxylic acids is 1. The monoisotopic (exact) mass is 351 g/mol. The average Bonchev–Trinajstić information content (AvgIpc) is 2.90. The van der Waals surface area contributed by atoms with E-state index in [0.29, 0.717) is 13.0 Å². The Balaban J connectivity index is 1.75. The molecule has 3 aromatic rings. The Labute approximate surface area is 153 Å². The van der Waals surface area contributed by atoms with E-state index in [1.165, 1.54) is 5.56 Å². The van der Waals surface area contributed by atoms with Gasteiger partial charge in [0.15, 0.2) is 0 Å². The van der Waals surface area contributed by atoms with Crippen LogP contribution in [0.1, 0.15) is 33.6 Å². The number of pyridine rings is 1. The van der Waals surface area contributed by atoms with Crippen molar-refractivity contribution < 1.29 is 9.53 Å². The predicted octanol–water partition coefficient (Wildman–Crippen LogP) is 3.66. The number of nitrogens with one attached hydrogen (secondary N) is 2. The van der Waals surface area contributed by atoms with Crippen LogP contribution >= 0.6 is 0 Å². The van der Waals surface area contributed by atoms with Gasteiger partial charge in [-0.25, -0.2) is 0 Å². The van der Waals surface area contributed by atoms with Crippen molar-refractivity contribution in [3.63, 3.8) is 0 Å². The molecule has 0 aliphatic heterocycles. The zero-order valence-corrected chi connectivity index (χ0v) is 16.0. The van der Waals surface area contributed by atoms with Crippen molar-refractivity contribution in [1.29, 1.82) is 0 Å². The highest BCUT2D eigenvalue weighted by atomic mass is 16.5. The van der Waals surface area contributed by atoms with Crippen molar-refractivity contribution in [2.75, 3.05) is 7.11 Å². The molecule has 0 fully saturated rings. The number of aromatic nitrogens is 2. The Morgan fingerprint density at radius 2 is 2.00 bits per heavy atom. The highest BCUT2D eigenvalue weighted by Gasteiger charge is 2.14. The van der Waals surface area contributed by atoms with E-state index in [9.17, 15) is 4.79 Å². The summed E-state index contributed by atoms with van der Waals surface area (Å²) in [6, 6.07) is 6.25. The van der Waals surface area contributed by atoms with Crippen molar-refractivity contribution in [2.24, 2.45) is 0 Å². The lowest BCUT2D eigenvalue weighted by Gasteiger charge is -2.13. The largest absolute Gasteiger partial charge is 0.496 e. The number of aromatic amines is 1. The molecule has 0 unspecified atom stereocenters. The van der Waals surface area contributed by atoms with Crippen LogP contribution in [0.15, 0.2) is 24.4 Å². The van der Waals surface area contributed by atoms with Gasteiger partial charge < -0.3 is 15.0 Å². The van der Waals surface area contributed by atoms with Gasteiger partial charge >= 0.3 is 0 Å². The first-order valence-corrected chi connectivity index (χ1v) is 8.74. The number of hydrogen-bond acceptors (Lipinski definition) is 3. The van der Waals surface area contributed by atoms with Crippen LogP contribution in [0.5, 0.6) is 5.75 Å². The lowest BCUT2D eigenvalue weighted by atomic mass is 10.1. The van der Waals surface area contributed by atoms with Gasteiger partial charge in [-0.2, -0.15) is 0 Å². The van der Waals surface area contributed by atoms with Gasteiger partial charge in [-0.05, 0) is 45.4 Å². The molecule has 0 bridgehead atoms. The molecular weight excluding hydrogens is 326 g/mol. The first kappa shape index (κ1) is 18.0. The number of methoxy groups -OCH3 is 1. The lowest BCUT2D eigenvalue weighted by molar-refractivity contribution is -0.120. The summed E-state index contributed by atoms with van der Waals surface area (Å²) in [5.41, 5.74) is 7.12. The molecule has 5 nitrogen and oxygen atoms in total. The summed E-state index contributed by atoms with van der Waals surface area (Å²) in [4.78, 5) is 20.3. The molecule has 2 heterocycles. The molecule has 1 amide bonds. The Kier molecular flexibility index (Phi) is 4.98. The fraction of sp³-hybridized carbons (Fsp3) is 0.333. The molecule has 0 aliphatic rings. The average molecular weight is 351 g/mol. The zero-order valence-electron chi connectivity index (χ0n) is 16.0. The molecule has 136 valence electrons. The number of aryl methyl sites for hydroxylation is 3. The van der Waals surface area contributed by atoms with Gasteiger partial charge in [0.05, 0.1) is 25.8 Å². The van der Waals surface area contributed by atoms with Crippen molar-refractivity contribution >= 4 is 16.8 Å². The van der Waals surface area contributed by atoms with Crippen LogP contribution in [0.25, 0.3) is 10.9 Å². The van der Waals surface area contributed by atoms with Crippen LogP contribution in [0, 0.1) is 27.7 Å². The van der Waals surface area contributed by atoms with Crippen molar-refractivity contribution in [3.05, 3.63) is 58.0 Å². The van der Waals surface area contributed by atoms with Crippen molar-refractivity contribution in [3.8, 4) is 5.75 Å². The van der Waals surface area contributed by atoms with Gasteiger partial charge in [0.1, 0.15) is 5.75 Å². The first-order valence-electron chi connectivity index (χ1n) is 8.74. The third-order valence-electron chi connectivity index (χ3n) is 4.82. The van der Waals surface area contributed by atoms with Gasteiger partial charge in [-0.3, -0.25) is 9.78 Å². The molecule has 0 aliphatic carbocycles. The third kappa shape index (κ3) is 3.43. The van der Waals surface area contributed by atoms with E-state index in [4.69, 9.17) is 4.74 Å². The number of fused-ring (bicyclic) bond motifs is 1. The standard InChI is InChI=1S/C21H25N3O2/c1-12-6-7-18-17(8-12)16(15(4)24-18)9-20(25)23-11-19-14(3)21(26-5)13(2)10-22-19/h6-8,10,24H,9,11H2,1-5H3,(H,23,25). The maximum Gasteiger partial charge on any atom is 0.224 e. The SMILES string of the molecule is COc1c(C)cnc(CNC(=O)Cc2c(C)[nH]c3ccc(C)cc23)c1C. The van der Waals surface area contributed by atoms with Gasteiger partial charge in [0.2, 0.25) is 5.91 Å². The molecule has 26 heavy (non-hydrogen) atoms. The van der Waals surface area contributed by atoms with Crippen LogP contribution in [0.4, 0.5) is 0 Å². The summed E-state index contributed by atoms with van der Waals surface area (Å²) in [6.07, 6.45) is 2.12. The molecule has 0 saturated carbocycles. The maximum atomic E-state index is 12.5. The third-order valence-corrected chi connectivity index (χ3v) is 4.82. The molecule has 2 aromatic heterocycles. The smallest absolute Gasteiger partial charge is 0.224 e. The molecular formula is C21H25N3O2. The Hall–Kier alpha value is -2.82. The molecule has 0 saturated heterocycles. The van der Waals surface area contributed by atoms with Crippen molar-refractivity contribution in [2.45, 2.75) is 40.7 Å². The summed E-state index contributed by atoms with van der Waals surface area (Å²) >= 11 is 0. The van der Waals surface area contributed by atoms with E-state index < -0.39 is 0 Å². The number of amides is 1. The van der Waals surface area contributed by atoms with Gasteiger partial charge in [-0.1, -0.05) is 11.6 Å². The molecule has 1 aromatic carbocycles. The van der Waals surface area contributed by atoms with Crippen LogP contribution in [-0.2, 0) is 17.8 Å². The summed E-state index contributed by atoms with van der Waals surface area (Å²) in [5, 5.41) is 4.10. The van der Waals surface area contributed by atoms with Crippen LogP contribution in [0.3, 0.4) is 0 Å². The molecule has 3 rings (SSSR count). The van der Waals surface area contributed by atoms with Crippen molar-refractivity contribution in [1.82, 2.24) is 15.3 Å². The first-order chi connectivity index (χ1) is 12.4. The number of carbonyl (C=O) groups is 1. The molecule has 2 N–H and O–H groups in total. The minimum atomic E-state index is -0.0174. The molecule has 0 spiro atoms. The number of H-pyrrole nitrogens is 1. The second-order valence-corrected chi connectivity index (χ2v) is 6.78. The van der Waals surface area contributed by atoms with E-state index in [-0.39, 0.29) is 5.91 Å². The minimum absolute atomic E-state index is 0.0174. The highest BCUT2D eigenvalue weighted by molar-refractivity contribution is 5.90. The zero-order chi connectivity index (χ0) is 18.8. The van der Waals surface area contributed by atoms with Crippen LogP contribution in [0.2, 0.25) is 0 Å². The van der Waals surface area contributed by atoms with E-state index in [1.54, 1.807) is 13.3 Å². The topological polar surface area (TPSA) is 67.0 Å². The Morgan fingerprint density at radius 3 is 2.73 bits per heavy atom. The summed E-state index contributed by atoms with van der Waals surface area (Å²) < 4.78 is 5.43. The van der Waals surface area contributed by atoms with E-state index in [2.05, 4.69) is 40.4 Å². The molecule has 0 atom stereocenters. The van der Waals surface area contributed by atoms with Gasteiger partial charge in [-0.15, -0.1) is 0 Å².